The fraction of sp³-hybridized carbons (Fsp3) is 0.929. The zero-order valence-electron chi connectivity index (χ0n) is 12.0. The van der Waals surface area contributed by atoms with Gasteiger partial charge in [0.2, 0.25) is 5.91 Å². The summed E-state index contributed by atoms with van der Waals surface area (Å²) in [6.45, 7) is 5.70. The lowest BCUT2D eigenvalue weighted by Gasteiger charge is -2.37. The Hall–Kier alpha value is -0.220. The number of rotatable bonds is 6. The summed E-state index contributed by atoms with van der Waals surface area (Å²) in [6.07, 6.45) is 6.26. The van der Waals surface area contributed by atoms with E-state index < -0.39 is 0 Å². The van der Waals surface area contributed by atoms with Crippen LogP contribution in [0.3, 0.4) is 0 Å². The molecule has 0 saturated heterocycles. The van der Waals surface area contributed by atoms with E-state index in [0.717, 1.165) is 43.9 Å². The van der Waals surface area contributed by atoms with Crippen LogP contribution in [0.5, 0.6) is 0 Å². The lowest BCUT2D eigenvalue weighted by atomic mass is 9.70. The summed E-state index contributed by atoms with van der Waals surface area (Å²) in [4.78, 5) is 12.4. The van der Waals surface area contributed by atoms with E-state index in [9.17, 15) is 4.79 Å². The van der Waals surface area contributed by atoms with Crippen LogP contribution in [0.15, 0.2) is 0 Å². The Morgan fingerprint density at radius 2 is 2.11 bits per heavy atom. The SMILES string of the molecule is CSCC(C)CNC(=O)C1(CN)CCC(C)CC1. The van der Waals surface area contributed by atoms with Gasteiger partial charge in [0.05, 0.1) is 5.41 Å². The maximum atomic E-state index is 12.4. The second kappa shape index (κ2) is 7.39. The predicted molar refractivity (Wildman–Crippen MR) is 79.7 cm³/mol. The molecule has 1 saturated carbocycles. The van der Waals surface area contributed by atoms with Crippen molar-refractivity contribution in [3.8, 4) is 0 Å². The van der Waals surface area contributed by atoms with E-state index in [1.165, 1.54) is 0 Å². The van der Waals surface area contributed by atoms with Crippen LogP contribution in [0.25, 0.3) is 0 Å². The molecule has 0 spiro atoms. The number of carbonyl (C=O) groups is 1. The molecule has 0 bridgehead atoms. The van der Waals surface area contributed by atoms with Gasteiger partial charge in [-0.25, -0.2) is 0 Å². The van der Waals surface area contributed by atoms with Crippen molar-refractivity contribution >= 4 is 17.7 Å². The largest absolute Gasteiger partial charge is 0.355 e. The minimum Gasteiger partial charge on any atom is -0.355 e. The van der Waals surface area contributed by atoms with Gasteiger partial charge in [-0.15, -0.1) is 0 Å². The van der Waals surface area contributed by atoms with E-state index in [4.69, 9.17) is 5.73 Å². The average molecular weight is 272 g/mol. The Morgan fingerprint density at radius 1 is 1.50 bits per heavy atom. The van der Waals surface area contributed by atoms with E-state index >= 15 is 0 Å². The first kappa shape index (κ1) is 15.8. The predicted octanol–water partition coefficient (Wildman–Crippen LogP) is 2.26. The molecule has 3 N–H and O–H groups in total. The van der Waals surface area contributed by atoms with Gasteiger partial charge in [0.25, 0.3) is 0 Å². The highest BCUT2D eigenvalue weighted by atomic mass is 32.2. The number of nitrogens with one attached hydrogen (secondary N) is 1. The van der Waals surface area contributed by atoms with Gasteiger partial charge in [-0.05, 0) is 49.5 Å². The van der Waals surface area contributed by atoms with Crippen LogP contribution in [0.1, 0.15) is 39.5 Å². The smallest absolute Gasteiger partial charge is 0.227 e. The molecule has 1 rings (SSSR count). The highest BCUT2D eigenvalue weighted by Gasteiger charge is 2.39. The van der Waals surface area contributed by atoms with Crippen LogP contribution < -0.4 is 11.1 Å². The molecule has 3 nitrogen and oxygen atoms in total. The van der Waals surface area contributed by atoms with Crippen molar-refractivity contribution in [1.82, 2.24) is 5.32 Å². The fourth-order valence-electron chi connectivity index (χ4n) is 2.64. The molecule has 1 fully saturated rings. The van der Waals surface area contributed by atoms with Crippen LogP contribution in [-0.2, 0) is 4.79 Å². The third-order valence-electron chi connectivity index (χ3n) is 4.17. The number of carbonyl (C=O) groups excluding carboxylic acids is 1. The third kappa shape index (κ3) is 4.16. The van der Waals surface area contributed by atoms with Crippen molar-refractivity contribution in [3.63, 3.8) is 0 Å². The molecule has 0 aromatic heterocycles. The van der Waals surface area contributed by atoms with Crippen LogP contribution in [-0.4, -0.2) is 31.0 Å². The number of thioether (sulfide) groups is 1. The van der Waals surface area contributed by atoms with E-state index in [1.807, 2.05) is 11.8 Å². The monoisotopic (exact) mass is 272 g/mol. The first-order valence-electron chi connectivity index (χ1n) is 7.01. The molecule has 4 heteroatoms. The summed E-state index contributed by atoms with van der Waals surface area (Å²) in [6, 6.07) is 0. The maximum absolute atomic E-state index is 12.4. The van der Waals surface area contributed by atoms with Gasteiger partial charge >= 0.3 is 0 Å². The fourth-order valence-corrected chi connectivity index (χ4v) is 3.32. The molecule has 1 aliphatic rings. The van der Waals surface area contributed by atoms with Crippen LogP contribution in [0, 0.1) is 17.3 Å². The molecule has 0 radical (unpaired) electrons. The van der Waals surface area contributed by atoms with Crippen molar-refractivity contribution in [2.75, 3.05) is 25.1 Å². The van der Waals surface area contributed by atoms with Gasteiger partial charge in [-0.2, -0.15) is 11.8 Å². The van der Waals surface area contributed by atoms with E-state index in [-0.39, 0.29) is 11.3 Å². The number of hydrogen-bond acceptors (Lipinski definition) is 3. The molecule has 1 unspecified atom stereocenters. The van der Waals surface area contributed by atoms with Crippen LogP contribution in [0.4, 0.5) is 0 Å². The van der Waals surface area contributed by atoms with Crippen molar-refractivity contribution in [1.29, 1.82) is 0 Å². The Labute approximate surface area is 116 Å². The van der Waals surface area contributed by atoms with Crippen molar-refractivity contribution in [2.45, 2.75) is 39.5 Å². The topological polar surface area (TPSA) is 55.1 Å². The zero-order chi connectivity index (χ0) is 13.6. The lowest BCUT2D eigenvalue weighted by molar-refractivity contribution is -0.133. The highest BCUT2D eigenvalue weighted by Crippen LogP contribution is 2.38. The Balaban J connectivity index is 2.47. The number of hydrogen-bond donors (Lipinski definition) is 2. The summed E-state index contributed by atoms with van der Waals surface area (Å²) in [5, 5.41) is 3.11. The van der Waals surface area contributed by atoms with Gasteiger partial charge in [0, 0.05) is 13.1 Å². The van der Waals surface area contributed by atoms with Crippen LogP contribution in [0.2, 0.25) is 0 Å². The molecule has 0 aliphatic heterocycles. The molecule has 106 valence electrons. The Kier molecular flexibility index (Phi) is 6.50. The minimum atomic E-state index is -0.286. The Morgan fingerprint density at radius 3 is 2.61 bits per heavy atom. The standard InChI is InChI=1S/C14H28N2OS/c1-11-4-6-14(10-15,7-5-11)13(17)16-8-12(2)9-18-3/h11-12H,4-10,15H2,1-3H3,(H,16,17). The molecule has 0 heterocycles. The van der Waals surface area contributed by atoms with Gasteiger partial charge < -0.3 is 11.1 Å². The summed E-state index contributed by atoms with van der Waals surface area (Å²) in [5.41, 5.74) is 5.60. The van der Waals surface area contributed by atoms with E-state index in [0.29, 0.717) is 12.5 Å². The zero-order valence-corrected chi connectivity index (χ0v) is 12.8. The van der Waals surface area contributed by atoms with E-state index in [2.05, 4.69) is 25.4 Å². The summed E-state index contributed by atoms with van der Waals surface area (Å²) in [7, 11) is 0. The van der Waals surface area contributed by atoms with Gasteiger partial charge in [-0.3, -0.25) is 4.79 Å². The maximum Gasteiger partial charge on any atom is 0.227 e. The van der Waals surface area contributed by atoms with Crippen molar-refractivity contribution < 1.29 is 4.79 Å². The normalized spacial score (nSPS) is 29.9. The van der Waals surface area contributed by atoms with Crippen molar-refractivity contribution in [2.24, 2.45) is 23.0 Å². The molecular weight excluding hydrogens is 244 g/mol. The molecular formula is C14H28N2OS. The quantitative estimate of drug-likeness (QED) is 0.780. The number of amides is 1. The van der Waals surface area contributed by atoms with E-state index in [1.54, 1.807) is 0 Å². The molecule has 1 aliphatic carbocycles. The molecule has 18 heavy (non-hydrogen) atoms. The third-order valence-corrected chi connectivity index (χ3v) is 5.07. The number of nitrogens with two attached hydrogens (primary N) is 1. The summed E-state index contributed by atoms with van der Waals surface area (Å²) in [5.74, 6) is 2.55. The Bertz CT molecular complexity index is 263. The van der Waals surface area contributed by atoms with Gasteiger partial charge in [0.1, 0.15) is 0 Å². The van der Waals surface area contributed by atoms with Gasteiger partial charge in [0.15, 0.2) is 0 Å². The summed E-state index contributed by atoms with van der Waals surface area (Å²) < 4.78 is 0. The van der Waals surface area contributed by atoms with Crippen LogP contribution >= 0.6 is 11.8 Å². The highest BCUT2D eigenvalue weighted by molar-refractivity contribution is 7.98. The second-order valence-corrected chi connectivity index (χ2v) is 6.85. The van der Waals surface area contributed by atoms with Crippen molar-refractivity contribution in [3.05, 3.63) is 0 Å². The van der Waals surface area contributed by atoms with Gasteiger partial charge in [-0.1, -0.05) is 13.8 Å². The molecule has 0 aromatic carbocycles. The first-order valence-corrected chi connectivity index (χ1v) is 8.41. The first-order chi connectivity index (χ1) is 8.54. The average Bonchev–Trinajstić information content (AvgIpc) is 2.38. The molecule has 1 amide bonds. The molecule has 0 aromatic rings. The lowest BCUT2D eigenvalue weighted by Crippen LogP contribution is -2.48. The minimum absolute atomic E-state index is 0.185. The second-order valence-electron chi connectivity index (χ2n) is 5.94. The molecule has 1 atom stereocenters. The summed E-state index contributed by atoms with van der Waals surface area (Å²) >= 11 is 1.83.